The van der Waals surface area contributed by atoms with Gasteiger partial charge in [-0.15, -0.1) is 0 Å². The van der Waals surface area contributed by atoms with E-state index in [2.05, 4.69) is 10.2 Å². The van der Waals surface area contributed by atoms with E-state index in [1.807, 2.05) is 44.3 Å². The topological polar surface area (TPSA) is 52.6 Å². The van der Waals surface area contributed by atoms with Gasteiger partial charge in [0.05, 0.1) is 0 Å². The zero-order valence-corrected chi connectivity index (χ0v) is 13.0. The van der Waals surface area contributed by atoms with Crippen LogP contribution in [-0.4, -0.2) is 42.2 Å². The minimum atomic E-state index is -1.03. The van der Waals surface area contributed by atoms with Crippen LogP contribution in [0.1, 0.15) is 38.2 Å². The smallest absolute Gasteiger partial charge is 0.329 e. The Morgan fingerprint density at radius 3 is 2.48 bits per heavy atom. The molecule has 116 valence electrons. The van der Waals surface area contributed by atoms with Gasteiger partial charge in [0.2, 0.25) is 0 Å². The van der Waals surface area contributed by atoms with Crippen molar-refractivity contribution in [3.05, 3.63) is 35.9 Å². The van der Waals surface area contributed by atoms with Crippen molar-refractivity contribution in [2.75, 3.05) is 20.1 Å². The Bertz CT molecular complexity index is 457. The molecule has 0 heterocycles. The van der Waals surface area contributed by atoms with Gasteiger partial charge in [-0.25, -0.2) is 4.79 Å². The van der Waals surface area contributed by atoms with Gasteiger partial charge in [-0.2, -0.15) is 0 Å². The van der Waals surface area contributed by atoms with Crippen molar-refractivity contribution in [2.24, 2.45) is 0 Å². The molecule has 4 nitrogen and oxygen atoms in total. The van der Waals surface area contributed by atoms with Crippen LogP contribution < -0.4 is 5.32 Å². The first-order valence-electron chi connectivity index (χ1n) is 7.84. The van der Waals surface area contributed by atoms with Crippen molar-refractivity contribution in [3.8, 4) is 0 Å². The van der Waals surface area contributed by atoms with E-state index < -0.39 is 11.5 Å². The third kappa shape index (κ3) is 3.44. The number of carbonyl (C=O) groups is 1. The van der Waals surface area contributed by atoms with E-state index in [1.54, 1.807) is 0 Å². The molecule has 0 spiro atoms. The second-order valence-electron chi connectivity index (χ2n) is 5.96. The van der Waals surface area contributed by atoms with Crippen molar-refractivity contribution >= 4 is 5.97 Å². The van der Waals surface area contributed by atoms with E-state index in [-0.39, 0.29) is 0 Å². The molecular weight excluding hydrogens is 264 g/mol. The first-order chi connectivity index (χ1) is 10.1. The van der Waals surface area contributed by atoms with Crippen LogP contribution in [0, 0.1) is 0 Å². The molecule has 4 heteroatoms. The fourth-order valence-electron chi connectivity index (χ4n) is 3.39. The molecule has 0 amide bonds. The van der Waals surface area contributed by atoms with Crippen LogP contribution in [0.5, 0.6) is 0 Å². The van der Waals surface area contributed by atoms with Gasteiger partial charge in [0.25, 0.3) is 0 Å². The summed E-state index contributed by atoms with van der Waals surface area (Å²) in [7, 11) is 2.05. The van der Waals surface area contributed by atoms with E-state index in [1.165, 1.54) is 25.7 Å². The third-order valence-electron chi connectivity index (χ3n) is 4.54. The summed E-state index contributed by atoms with van der Waals surface area (Å²) < 4.78 is 0. The lowest BCUT2D eigenvalue weighted by Crippen LogP contribution is -2.57. The molecule has 0 aromatic heterocycles. The molecule has 1 aromatic rings. The fraction of sp³-hybridized carbons (Fsp3) is 0.588. The Morgan fingerprint density at radius 2 is 1.95 bits per heavy atom. The molecule has 1 aromatic carbocycles. The van der Waals surface area contributed by atoms with Crippen molar-refractivity contribution in [1.29, 1.82) is 0 Å². The summed E-state index contributed by atoms with van der Waals surface area (Å²) >= 11 is 0. The second kappa shape index (κ2) is 7.05. The number of carboxylic acids is 1. The van der Waals surface area contributed by atoms with Gasteiger partial charge in [0, 0.05) is 12.6 Å². The minimum Gasteiger partial charge on any atom is -0.480 e. The highest BCUT2D eigenvalue weighted by atomic mass is 16.4. The van der Waals surface area contributed by atoms with E-state index in [0.29, 0.717) is 19.1 Å². The Kier molecular flexibility index (Phi) is 5.37. The molecule has 21 heavy (non-hydrogen) atoms. The Labute approximate surface area is 127 Å². The molecule has 0 bridgehead atoms. The van der Waals surface area contributed by atoms with Crippen LogP contribution in [0.4, 0.5) is 0 Å². The number of carboxylic acid groups (broad SMARTS) is 1. The highest BCUT2D eigenvalue weighted by Gasteiger charge is 2.41. The first-order valence-corrected chi connectivity index (χ1v) is 7.84. The monoisotopic (exact) mass is 290 g/mol. The van der Waals surface area contributed by atoms with Gasteiger partial charge in [-0.1, -0.05) is 50.1 Å². The molecule has 1 fully saturated rings. The lowest BCUT2D eigenvalue weighted by Gasteiger charge is -2.37. The van der Waals surface area contributed by atoms with Crippen molar-refractivity contribution < 1.29 is 9.90 Å². The fourth-order valence-corrected chi connectivity index (χ4v) is 3.39. The number of hydrogen-bond acceptors (Lipinski definition) is 3. The minimum absolute atomic E-state index is 0.491. The number of hydrogen-bond donors (Lipinski definition) is 2. The number of likely N-dealkylation sites (N-methyl/N-ethyl adjacent to an activating group) is 2. The van der Waals surface area contributed by atoms with Gasteiger partial charge in [-0.05, 0) is 32.0 Å². The van der Waals surface area contributed by atoms with Crippen LogP contribution in [0.2, 0.25) is 0 Å². The van der Waals surface area contributed by atoms with Crippen molar-refractivity contribution in [2.45, 2.75) is 44.2 Å². The number of nitrogens with one attached hydrogen (secondary N) is 1. The van der Waals surface area contributed by atoms with Gasteiger partial charge < -0.3 is 10.0 Å². The maximum absolute atomic E-state index is 12.1. The van der Waals surface area contributed by atoms with Crippen LogP contribution in [0.3, 0.4) is 0 Å². The molecule has 2 rings (SSSR count). The lowest BCUT2D eigenvalue weighted by molar-refractivity contribution is -0.146. The molecule has 0 aliphatic heterocycles. The number of benzene rings is 1. The summed E-state index contributed by atoms with van der Waals surface area (Å²) in [6, 6.07) is 10.0. The van der Waals surface area contributed by atoms with Crippen LogP contribution in [0.25, 0.3) is 0 Å². The maximum atomic E-state index is 12.1. The summed E-state index contributed by atoms with van der Waals surface area (Å²) in [6.07, 6.45) is 4.85. The van der Waals surface area contributed by atoms with E-state index in [4.69, 9.17) is 0 Å². The van der Waals surface area contributed by atoms with Crippen molar-refractivity contribution in [3.63, 3.8) is 0 Å². The van der Waals surface area contributed by atoms with Gasteiger partial charge in [0.15, 0.2) is 5.54 Å². The third-order valence-corrected chi connectivity index (χ3v) is 4.54. The Balaban J connectivity index is 2.28. The quantitative estimate of drug-likeness (QED) is 0.810. The molecule has 1 aliphatic rings. The highest BCUT2D eigenvalue weighted by molar-refractivity contribution is 5.81. The average molecular weight is 290 g/mol. The van der Waals surface area contributed by atoms with Crippen LogP contribution in [0.15, 0.2) is 30.3 Å². The average Bonchev–Trinajstić information content (AvgIpc) is 3.01. The molecule has 0 saturated heterocycles. The predicted octanol–water partition coefficient (Wildman–Crippen LogP) is 2.45. The van der Waals surface area contributed by atoms with E-state index in [0.717, 1.165) is 5.56 Å². The van der Waals surface area contributed by atoms with Gasteiger partial charge in [-0.3, -0.25) is 5.32 Å². The Morgan fingerprint density at radius 1 is 1.33 bits per heavy atom. The van der Waals surface area contributed by atoms with Gasteiger partial charge >= 0.3 is 5.97 Å². The highest BCUT2D eigenvalue weighted by Crippen LogP contribution is 2.28. The summed E-state index contributed by atoms with van der Waals surface area (Å²) in [4.78, 5) is 14.3. The first kappa shape index (κ1) is 16.0. The summed E-state index contributed by atoms with van der Waals surface area (Å²) in [6.45, 7) is 3.07. The summed E-state index contributed by atoms with van der Waals surface area (Å²) in [5, 5.41) is 13.1. The van der Waals surface area contributed by atoms with Gasteiger partial charge in [0.1, 0.15) is 0 Å². The molecule has 1 atom stereocenters. The van der Waals surface area contributed by atoms with Crippen LogP contribution >= 0.6 is 0 Å². The standard InChI is InChI=1S/C17H26N2O2/c1-3-18-17(16(20)21,14-9-5-4-6-10-14)13-19(2)15-11-7-8-12-15/h4-6,9-10,15,18H,3,7-8,11-13H2,1-2H3,(H,20,21). The Hall–Kier alpha value is -1.39. The molecular formula is C17H26N2O2. The number of rotatable bonds is 7. The van der Waals surface area contributed by atoms with Crippen LogP contribution in [-0.2, 0) is 10.3 Å². The van der Waals surface area contributed by atoms with E-state index >= 15 is 0 Å². The normalized spacial score (nSPS) is 18.8. The largest absolute Gasteiger partial charge is 0.480 e. The molecule has 1 unspecified atom stereocenters. The molecule has 1 saturated carbocycles. The maximum Gasteiger partial charge on any atom is 0.329 e. The zero-order chi connectivity index (χ0) is 15.3. The summed E-state index contributed by atoms with van der Waals surface area (Å²) in [5.41, 5.74) is -0.211. The molecule has 0 radical (unpaired) electrons. The second-order valence-corrected chi connectivity index (χ2v) is 5.96. The summed E-state index contributed by atoms with van der Waals surface area (Å²) in [5.74, 6) is -0.805. The SMILES string of the molecule is CCNC(CN(C)C1CCCC1)(C(=O)O)c1ccccc1. The van der Waals surface area contributed by atoms with E-state index in [9.17, 15) is 9.90 Å². The number of aliphatic carboxylic acids is 1. The zero-order valence-electron chi connectivity index (χ0n) is 13.0. The number of nitrogens with zero attached hydrogens (tertiary/aromatic N) is 1. The molecule has 2 N–H and O–H groups in total. The lowest BCUT2D eigenvalue weighted by atomic mass is 9.88. The predicted molar refractivity (Wildman–Crippen MR) is 84.3 cm³/mol. The molecule has 1 aliphatic carbocycles. The van der Waals surface area contributed by atoms with Crippen molar-refractivity contribution in [1.82, 2.24) is 10.2 Å².